The molecule has 4 nitrogen and oxygen atoms in total. The lowest BCUT2D eigenvalue weighted by atomic mass is 9.44. The number of benzene rings is 1. The molecule has 5 atom stereocenters. The van der Waals surface area contributed by atoms with Crippen molar-refractivity contribution in [2.75, 3.05) is 20.1 Å². The topological polar surface area (TPSA) is 49.7 Å². The van der Waals surface area contributed by atoms with Gasteiger partial charge >= 0.3 is 0 Å². The molecule has 4 heteroatoms. The lowest BCUT2D eigenvalue weighted by Crippen LogP contribution is -2.85. The molecule has 1 aromatic rings. The van der Waals surface area contributed by atoms with Crippen molar-refractivity contribution in [2.24, 2.45) is 5.41 Å². The van der Waals surface area contributed by atoms with Crippen LogP contribution in [0.3, 0.4) is 0 Å². The van der Waals surface area contributed by atoms with Crippen LogP contribution in [0.2, 0.25) is 0 Å². The number of likely N-dealkylation sites (N-methyl/N-ethyl adjacent to an activating group) is 1. The Morgan fingerprint density at radius 3 is 2.68 bits per heavy atom. The van der Waals surface area contributed by atoms with Crippen molar-refractivity contribution < 1.29 is 19.4 Å². The Balaban J connectivity index is 1.63. The van der Waals surface area contributed by atoms with Crippen LogP contribution in [0.5, 0.6) is 11.5 Å². The number of phenols is 1. The average Bonchev–Trinajstić information content (AvgIpc) is 3.23. The van der Waals surface area contributed by atoms with E-state index in [1.54, 1.807) is 6.07 Å². The zero-order valence-corrected chi connectivity index (χ0v) is 17.3. The van der Waals surface area contributed by atoms with Gasteiger partial charge in [0.2, 0.25) is 0 Å². The van der Waals surface area contributed by atoms with Crippen molar-refractivity contribution >= 4 is 0 Å². The van der Waals surface area contributed by atoms with E-state index in [0.29, 0.717) is 11.2 Å². The summed E-state index contributed by atoms with van der Waals surface area (Å²) in [5.41, 5.74) is 2.23. The standard InChI is InChI=1S/C24H31NO3/c1-15-7-8-24(27)22(3)13-16-5-6-17(26)19-18(16)23(24,20(15)28-19)11-12-25(22,4)14-21(2)9-10-21/h5-6,20,27H,1,7-14H2,2-4H3/p+1. The maximum atomic E-state index is 12.6. The summed E-state index contributed by atoms with van der Waals surface area (Å²) in [6.07, 6.45) is 5.64. The summed E-state index contributed by atoms with van der Waals surface area (Å²) in [6, 6.07) is 3.85. The van der Waals surface area contributed by atoms with Gasteiger partial charge in [0.15, 0.2) is 11.5 Å². The van der Waals surface area contributed by atoms with Crippen molar-refractivity contribution in [1.29, 1.82) is 0 Å². The first-order valence-corrected chi connectivity index (χ1v) is 10.9. The molecule has 5 unspecified atom stereocenters. The van der Waals surface area contributed by atoms with Gasteiger partial charge < -0.3 is 19.4 Å². The fourth-order valence-electron chi connectivity index (χ4n) is 7.77. The Hall–Kier alpha value is -1.52. The molecule has 0 amide bonds. The average molecular weight is 383 g/mol. The molecular weight excluding hydrogens is 350 g/mol. The Bertz CT molecular complexity index is 936. The minimum Gasteiger partial charge on any atom is -0.504 e. The number of piperidine rings is 1. The normalized spacial score (nSPS) is 46.7. The molecule has 150 valence electrons. The van der Waals surface area contributed by atoms with Gasteiger partial charge in [-0.25, -0.2) is 0 Å². The molecule has 3 aliphatic carbocycles. The van der Waals surface area contributed by atoms with Gasteiger partial charge in [-0.2, -0.15) is 0 Å². The highest BCUT2D eigenvalue weighted by molar-refractivity contribution is 5.64. The van der Waals surface area contributed by atoms with Crippen LogP contribution in [0.25, 0.3) is 0 Å². The van der Waals surface area contributed by atoms with Crippen molar-refractivity contribution in [1.82, 2.24) is 0 Å². The Kier molecular flexibility index (Phi) is 2.86. The van der Waals surface area contributed by atoms with E-state index >= 15 is 0 Å². The van der Waals surface area contributed by atoms with Gasteiger partial charge in [-0.05, 0) is 49.8 Å². The SMILES string of the molecule is C=C1CCC2(O)C34CC[N+](C)(CC5(C)CC5)C2(C)Cc2ccc(O)c(c23)OC14. The number of aromatic hydroxyl groups is 1. The Morgan fingerprint density at radius 2 is 1.96 bits per heavy atom. The summed E-state index contributed by atoms with van der Waals surface area (Å²) < 4.78 is 7.32. The highest BCUT2D eigenvalue weighted by Gasteiger charge is 2.80. The van der Waals surface area contributed by atoms with Gasteiger partial charge in [0.1, 0.15) is 17.2 Å². The zero-order chi connectivity index (χ0) is 19.7. The zero-order valence-electron chi connectivity index (χ0n) is 17.3. The molecule has 1 saturated heterocycles. The quantitative estimate of drug-likeness (QED) is 0.609. The molecule has 6 rings (SSSR count). The second-order valence-corrected chi connectivity index (χ2v) is 11.2. The van der Waals surface area contributed by atoms with E-state index in [2.05, 4.69) is 33.5 Å². The third-order valence-corrected chi connectivity index (χ3v) is 9.72. The number of quaternary nitrogens is 1. The number of rotatable bonds is 2. The summed E-state index contributed by atoms with van der Waals surface area (Å²) in [5.74, 6) is 0.811. The highest BCUT2D eigenvalue weighted by Crippen LogP contribution is 2.70. The van der Waals surface area contributed by atoms with Crippen LogP contribution in [0.15, 0.2) is 24.3 Å². The van der Waals surface area contributed by atoms with Gasteiger partial charge in [-0.3, -0.25) is 0 Å². The van der Waals surface area contributed by atoms with Crippen molar-refractivity contribution in [3.05, 3.63) is 35.4 Å². The summed E-state index contributed by atoms with van der Waals surface area (Å²) >= 11 is 0. The predicted octanol–water partition coefficient (Wildman–Crippen LogP) is 3.44. The lowest BCUT2D eigenvalue weighted by Gasteiger charge is -2.70. The minimum absolute atomic E-state index is 0.203. The summed E-state index contributed by atoms with van der Waals surface area (Å²) in [6.45, 7) is 11.2. The summed E-state index contributed by atoms with van der Waals surface area (Å²) in [5, 5.41) is 23.2. The van der Waals surface area contributed by atoms with E-state index < -0.39 is 11.0 Å². The van der Waals surface area contributed by atoms with Gasteiger partial charge in [-0.1, -0.05) is 19.6 Å². The van der Waals surface area contributed by atoms with Crippen molar-refractivity contribution in [3.63, 3.8) is 0 Å². The lowest BCUT2D eigenvalue weighted by molar-refractivity contribution is -0.978. The number of hydrogen-bond acceptors (Lipinski definition) is 3. The highest BCUT2D eigenvalue weighted by atomic mass is 16.5. The largest absolute Gasteiger partial charge is 0.504 e. The minimum atomic E-state index is -0.851. The molecule has 2 saturated carbocycles. The molecular formula is C24H32NO3+. The van der Waals surface area contributed by atoms with Crippen LogP contribution < -0.4 is 4.74 Å². The third-order valence-electron chi connectivity index (χ3n) is 9.72. The van der Waals surface area contributed by atoms with E-state index in [0.717, 1.165) is 54.4 Å². The molecule has 2 bridgehead atoms. The molecule has 1 aromatic carbocycles. The number of likely N-dealkylation sites (tertiary alicyclic amines) is 1. The van der Waals surface area contributed by atoms with Gasteiger partial charge in [0, 0.05) is 23.8 Å². The smallest absolute Gasteiger partial charge is 0.166 e. The van der Waals surface area contributed by atoms with E-state index in [9.17, 15) is 10.2 Å². The maximum absolute atomic E-state index is 12.6. The van der Waals surface area contributed by atoms with Gasteiger partial charge in [0.25, 0.3) is 0 Å². The first-order valence-electron chi connectivity index (χ1n) is 10.9. The van der Waals surface area contributed by atoms with Crippen LogP contribution in [0, 0.1) is 5.41 Å². The first-order chi connectivity index (χ1) is 13.1. The molecule has 1 spiro atoms. The molecule has 28 heavy (non-hydrogen) atoms. The third kappa shape index (κ3) is 1.61. The van der Waals surface area contributed by atoms with Crippen LogP contribution >= 0.6 is 0 Å². The molecule has 2 N–H and O–H groups in total. The molecule has 0 radical (unpaired) electrons. The first kappa shape index (κ1) is 17.3. The monoisotopic (exact) mass is 382 g/mol. The Labute approximate surface area is 167 Å². The number of nitrogens with zero attached hydrogens (tertiary/aromatic N) is 1. The van der Waals surface area contributed by atoms with E-state index in [-0.39, 0.29) is 17.4 Å². The van der Waals surface area contributed by atoms with E-state index in [4.69, 9.17) is 4.74 Å². The summed E-state index contributed by atoms with van der Waals surface area (Å²) in [7, 11) is 2.38. The van der Waals surface area contributed by atoms with Crippen molar-refractivity contribution in [2.45, 2.75) is 75.0 Å². The number of ether oxygens (including phenoxy) is 1. The second kappa shape index (κ2) is 4.62. The van der Waals surface area contributed by atoms with Crippen LogP contribution in [-0.4, -0.2) is 52.1 Å². The second-order valence-electron chi connectivity index (χ2n) is 11.2. The molecule has 2 heterocycles. The van der Waals surface area contributed by atoms with Crippen LogP contribution in [0.1, 0.15) is 57.1 Å². The van der Waals surface area contributed by atoms with Gasteiger partial charge in [-0.15, -0.1) is 0 Å². The van der Waals surface area contributed by atoms with E-state index in [1.807, 2.05) is 0 Å². The van der Waals surface area contributed by atoms with Crippen LogP contribution in [-0.2, 0) is 11.8 Å². The number of aliphatic hydroxyl groups is 1. The van der Waals surface area contributed by atoms with Crippen molar-refractivity contribution in [3.8, 4) is 11.5 Å². The maximum Gasteiger partial charge on any atom is 0.166 e. The van der Waals surface area contributed by atoms with Crippen LogP contribution in [0.4, 0.5) is 0 Å². The van der Waals surface area contributed by atoms with Gasteiger partial charge in [0.05, 0.1) is 25.6 Å². The fraction of sp³-hybridized carbons (Fsp3) is 0.667. The molecule has 5 aliphatic rings. The molecule has 2 aliphatic heterocycles. The Morgan fingerprint density at radius 1 is 1.21 bits per heavy atom. The number of hydrogen-bond donors (Lipinski definition) is 2. The summed E-state index contributed by atoms with van der Waals surface area (Å²) in [4.78, 5) is 0. The molecule has 0 aromatic heterocycles. The fourth-order valence-corrected chi connectivity index (χ4v) is 7.77. The van der Waals surface area contributed by atoms with E-state index in [1.165, 1.54) is 18.4 Å². The number of phenolic OH excluding ortho intramolecular Hbond substituents is 1. The predicted molar refractivity (Wildman–Crippen MR) is 108 cm³/mol. The molecule has 3 fully saturated rings.